The first kappa shape index (κ1) is 30.1. The second-order valence-electron chi connectivity index (χ2n) is 15.7. The zero-order chi connectivity index (χ0) is 32.0. The Labute approximate surface area is 272 Å². The molecule has 0 radical (unpaired) electrons. The molecule has 2 bridgehead atoms. The first-order chi connectivity index (χ1) is 22.1. The van der Waals surface area contributed by atoms with Crippen LogP contribution in [0.5, 0.6) is 0 Å². The molecule has 8 unspecified atom stereocenters. The molecule has 1 amide bonds. The lowest BCUT2D eigenvalue weighted by Crippen LogP contribution is -2.67. The Kier molecular flexibility index (Phi) is 6.81. The Morgan fingerprint density at radius 3 is 2.39 bits per heavy atom. The lowest BCUT2D eigenvalue weighted by atomic mass is 9.32. The molecule has 1 saturated heterocycles. The third kappa shape index (κ3) is 3.89. The van der Waals surface area contributed by atoms with Gasteiger partial charge in [0.25, 0.3) is 0 Å². The predicted molar refractivity (Wildman–Crippen MR) is 177 cm³/mol. The highest BCUT2D eigenvalue weighted by molar-refractivity contribution is 6.10. The van der Waals surface area contributed by atoms with Gasteiger partial charge in [0, 0.05) is 47.6 Å². The van der Waals surface area contributed by atoms with Crippen LogP contribution < -0.4 is 0 Å². The molecule has 6 nitrogen and oxygen atoms in total. The van der Waals surface area contributed by atoms with Gasteiger partial charge < -0.3 is 19.5 Å². The molecule has 242 valence electrons. The molecule has 3 saturated carbocycles. The number of allylic oxidation sites excluding steroid dienone is 4. The highest BCUT2D eigenvalue weighted by atomic mass is 16.6. The van der Waals surface area contributed by atoms with Gasteiger partial charge in [0.05, 0.1) is 12.6 Å². The van der Waals surface area contributed by atoms with Crippen LogP contribution in [0.1, 0.15) is 75.6 Å². The maximum atomic E-state index is 14.9. The van der Waals surface area contributed by atoms with Crippen LogP contribution in [-0.4, -0.2) is 60.4 Å². The van der Waals surface area contributed by atoms with Crippen LogP contribution in [0.3, 0.4) is 0 Å². The Morgan fingerprint density at radius 1 is 0.935 bits per heavy atom. The second-order valence-corrected chi connectivity index (χ2v) is 15.7. The van der Waals surface area contributed by atoms with Crippen molar-refractivity contribution in [3.63, 3.8) is 0 Å². The van der Waals surface area contributed by atoms with Crippen LogP contribution in [0.25, 0.3) is 11.1 Å². The van der Waals surface area contributed by atoms with Gasteiger partial charge in [0.1, 0.15) is 5.60 Å². The second kappa shape index (κ2) is 10.4. The van der Waals surface area contributed by atoms with Gasteiger partial charge in [-0.25, -0.2) is 4.79 Å². The fourth-order valence-electron chi connectivity index (χ4n) is 11.6. The molecule has 9 rings (SSSR count). The summed E-state index contributed by atoms with van der Waals surface area (Å²) in [5.74, 6) is 0.556. The fourth-order valence-corrected chi connectivity index (χ4v) is 11.6. The summed E-state index contributed by atoms with van der Waals surface area (Å²) in [5.41, 5.74) is 2.20. The van der Waals surface area contributed by atoms with Crippen LogP contribution >= 0.6 is 0 Å². The number of aliphatic hydroxyl groups excluding tert-OH is 1. The van der Waals surface area contributed by atoms with Gasteiger partial charge in [-0.05, 0) is 79.7 Å². The number of benzene rings is 2. The highest BCUT2D eigenvalue weighted by Crippen LogP contribution is 2.79. The van der Waals surface area contributed by atoms with Gasteiger partial charge >= 0.3 is 6.09 Å². The lowest BCUT2D eigenvalue weighted by molar-refractivity contribution is -0.164. The Balaban J connectivity index is 1.21. The van der Waals surface area contributed by atoms with Crippen LogP contribution in [0.4, 0.5) is 4.79 Å². The molecule has 46 heavy (non-hydrogen) atoms. The molecule has 7 aliphatic rings. The normalized spacial score (nSPS) is 40.3. The zero-order valence-electron chi connectivity index (χ0n) is 27.5. The maximum absolute atomic E-state index is 14.9. The summed E-state index contributed by atoms with van der Waals surface area (Å²) < 4.78 is 11.7. The van der Waals surface area contributed by atoms with Crippen molar-refractivity contribution in [1.82, 2.24) is 4.90 Å². The van der Waals surface area contributed by atoms with Crippen molar-refractivity contribution >= 4 is 11.9 Å². The number of ketones is 1. The average molecular weight is 622 g/mol. The van der Waals surface area contributed by atoms with Crippen LogP contribution in [-0.2, 0) is 9.47 Å². The molecule has 0 aromatic heterocycles. The first-order valence-corrected chi connectivity index (χ1v) is 17.4. The average Bonchev–Trinajstić information content (AvgIpc) is 3.55. The van der Waals surface area contributed by atoms with E-state index < -0.39 is 11.0 Å². The van der Waals surface area contributed by atoms with Crippen LogP contribution in [0.2, 0.25) is 0 Å². The van der Waals surface area contributed by atoms with Crippen molar-refractivity contribution < 1.29 is 24.2 Å². The van der Waals surface area contributed by atoms with E-state index >= 15 is 0 Å². The largest absolute Gasteiger partial charge is 0.440 e. The van der Waals surface area contributed by atoms with Crippen molar-refractivity contribution in [3.05, 3.63) is 84.0 Å². The molecule has 1 N–H and O–H groups in total. The van der Waals surface area contributed by atoms with E-state index in [1.165, 1.54) is 0 Å². The number of aliphatic hydroxyl groups is 1. The minimum atomic E-state index is -0.559. The predicted octanol–water partition coefficient (Wildman–Crippen LogP) is 7.62. The standard InChI is InChI=1S/C40H47NO5/c1-36-17-14-30(42)24-38(36)20-21-40(31(25-38)34(43)29-12-10-28(11-13-29)27-8-5-4-6-9-27)32(36)15-18-37(2)33(40)16-19-39(37)26-41(35(44)46-39)22-7-23-45-3/h4-6,8-13,20-21,25,30,32-33,42H,7,14-19,22-24,26H2,1-3H3. The number of rotatable bonds is 7. The number of ether oxygens (including phenoxy) is 2. The number of hydrogen-bond donors (Lipinski definition) is 1. The van der Waals surface area contributed by atoms with Crippen LogP contribution in [0.15, 0.2) is 78.4 Å². The summed E-state index contributed by atoms with van der Waals surface area (Å²) in [4.78, 5) is 30.1. The lowest BCUT2D eigenvalue weighted by Gasteiger charge is -2.71. The molecular weight excluding hydrogens is 574 g/mol. The number of fused-ring (bicyclic) bond motifs is 2. The number of hydrogen-bond acceptors (Lipinski definition) is 5. The van der Waals surface area contributed by atoms with Gasteiger partial charge in [0.15, 0.2) is 5.78 Å². The van der Waals surface area contributed by atoms with Crippen LogP contribution in [0, 0.1) is 33.5 Å². The van der Waals surface area contributed by atoms with Crippen molar-refractivity contribution in [2.24, 2.45) is 33.5 Å². The van der Waals surface area contributed by atoms with Gasteiger partial charge in [-0.2, -0.15) is 0 Å². The molecule has 4 fully saturated rings. The number of amides is 1. The van der Waals surface area contributed by atoms with E-state index in [0.29, 0.717) is 31.7 Å². The van der Waals surface area contributed by atoms with Gasteiger partial charge in [-0.15, -0.1) is 0 Å². The highest BCUT2D eigenvalue weighted by Gasteiger charge is 2.76. The van der Waals surface area contributed by atoms with Crippen molar-refractivity contribution in [3.8, 4) is 11.1 Å². The summed E-state index contributed by atoms with van der Waals surface area (Å²) in [6.45, 7) is 6.65. The topological polar surface area (TPSA) is 76.1 Å². The Morgan fingerprint density at radius 2 is 1.63 bits per heavy atom. The monoisotopic (exact) mass is 621 g/mol. The third-order valence-electron chi connectivity index (χ3n) is 13.9. The van der Waals surface area contributed by atoms with Crippen molar-refractivity contribution in [2.45, 2.75) is 76.9 Å². The van der Waals surface area contributed by atoms with E-state index in [1.807, 2.05) is 35.2 Å². The quantitative estimate of drug-likeness (QED) is 0.196. The summed E-state index contributed by atoms with van der Waals surface area (Å²) in [6.07, 6.45) is 13.4. The number of Topliss-reactive ketones (excluding diaryl/α,β-unsaturated/α-hetero) is 1. The van der Waals surface area contributed by atoms with E-state index in [4.69, 9.17) is 9.47 Å². The maximum Gasteiger partial charge on any atom is 0.410 e. The van der Waals surface area contributed by atoms with E-state index in [2.05, 4.69) is 56.3 Å². The molecule has 1 aliphatic heterocycles. The molecule has 8 atom stereocenters. The van der Waals surface area contributed by atoms with E-state index in [1.54, 1.807) is 7.11 Å². The van der Waals surface area contributed by atoms with Crippen molar-refractivity contribution in [2.75, 3.05) is 26.8 Å². The molecular formula is C40H47NO5. The summed E-state index contributed by atoms with van der Waals surface area (Å²) in [5, 5.41) is 11.0. The first-order valence-electron chi connectivity index (χ1n) is 17.4. The molecule has 3 spiro atoms. The number of carbonyl (C=O) groups excluding carboxylic acids is 2. The third-order valence-corrected chi connectivity index (χ3v) is 13.9. The molecule has 6 heteroatoms. The van der Waals surface area contributed by atoms with Gasteiger partial charge in [-0.1, -0.05) is 86.7 Å². The minimum absolute atomic E-state index is 0.0441. The Hall–Kier alpha value is -3.22. The van der Waals surface area contributed by atoms with Crippen molar-refractivity contribution in [1.29, 1.82) is 0 Å². The molecule has 2 aromatic rings. The summed E-state index contributed by atoms with van der Waals surface area (Å²) in [7, 11) is 1.69. The Bertz CT molecular complexity index is 1620. The number of carbonyl (C=O) groups is 2. The molecule has 1 heterocycles. The number of methoxy groups -OCH3 is 1. The van der Waals surface area contributed by atoms with Gasteiger partial charge in [0.2, 0.25) is 0 Å². The molecule has 6 aliphatic carbocycles. The summed E-state index contributed by atoms with van der Waals surface area (Å²) in [6, 6.07) is 18.4. The minimum Gasteiger partial charge on any atom is -0.440 e. The van der Waals surface area contributed by atoms with Gasteiger partial charge in [-0.3, -0.25) is 4.79 Å². The smallest absolute Gasteiger partial charge is 0.410 e. The molecule has 2 aromatic carbocycles. The SMILES string of the molecule is COCCCN1CC2(CCC3C45C=CC6(C=C4C(=O)c4ccc(-c7ccccc7)cc4)CC(O)CCC6(C)C5CCC32C)OC1=O. The van der Waals surface area contributed by atoms with E-state index in [9.17, 15) is 14.7 Å². The van der Waals surface area contributed by atoms with E-state index in [0.717, 1.165) is 61.6 Å². The number of nitrogens with zero attached hydrogens (tertiary/aromatic N) is 1. The summed E-state index contributed by atoms with van der Waals surface area (Å²) >= 11 is 0. The fraction of sp³-hybridized carbons (Fsp3) is 0.550. The van der Waals surface area contributed by atoms with E-state index in [-0.39, 0.29) is 46.1 Å². The zero-order valence-corrected chi connectivity index (χ0v) is 27.5.